The average Bonchev–Trinajstić information content (AvgIpc) is 3.11. The molecule has 3 N–H and O–H groups in total. The number of nitro benzene ring substituents is 1. The number of carbonyl (C=O) groups excluding carboxylic acids is 1. The van der Waals surface area contributed by atoms with Crippen LogP contribution in [0.5, 0.6) is 0 Å². The summed E-state index contributed by atoms with van der Waals surface area (Å²) in [6.45, 7) is 0.158. The fourth-order valence-corrected chi connectivity index (χ4v) is 3.89. The highest BCUT2D eigenvalue weighted by Crippen LogP contribution is 2.39. The van der Waals surface area contributed by atoms with E-state index < -0.39 is 14.9 Å². The van der Waals surface area contributed by atoms with Crippen LogP contribution < -0.4 is 15.4 Å². The van der Waals surface area contributed by atoms with Gasteiger partial charge in [0.15, 0.2) is 0 Å². The molecule has 3 aromatic rings. The number of nitrogens with zero attached hydrogens (tertiary/aromatic N) is 1. The summed E-state index contributed by atoms with van der Waals surface area (Å²) in [5.41, 5.74) is 3.77. The van der Waals surface area contributed by atoms with Crippen LogP contribution in [0.4, 0.5) is 17.1 Å². The summed E-state index contributed by atoms with van der Waals surface area (Å²) in [6.07, 6.45) is 1.09. The van der Waals surface area contributed by atoms with Gasteiger partial charge in [-0.25, -0.2) is 13.1 Å². The number of rotatable bonds is 7. The van der Waals surface area contributed by atoms with Crippen molar-refractivity contribution in [3.05, 3.63) is 99.6 Å². The number of carbonyl (C=O) groups is 1. The van der Waals surface area contributed by atoms with Crippen molar-refractivity contribution in [1.29, 1.82) is 0 Å². The number of hydrogen-bond acceptors (Lipinski definition) is 6. The second-order valence-electron chi connectivity index (χ2n) is 7.47. The Bertz CT molecular complexity index is 1370. The molecule has 0 radical (unpaired) electrons. The van der Waals surface area contributed by atoms with Crippen LogP contribution in [0, 0.1) is 10.1 Å². The van der Waals surface area contributed by atoms with Crippen LogP contribution in [0.1, 0.15) is 16.7 Å². The Morgan fingerprint density at radius 1 is 1.03 bits per heavy atom. The van der Waals surface area contributed by atoms with Gasteiger partial charge >= 0.3 is 0 Å². The molecule has 3 aromatic carbocycles. The molecule has 0 atom stereocenters. The first-order valence-corrected chi connectivity index (χ1v) is 11.8. The van der Waals surface area contributed by atoms with E-state index in [9.17, 15) is 23.3 Å². The number of amides is 1. The second-order valence-corrected chi connectivity index (χ2v) is 9.31. The van der Waals surface area contributed by atoms with Crippen molar-refractivity contribution in [3.8, 4) is 0 Å². The lowest BCUT2D eigenvalue weighted by Gasteiger charge is -2.15. The van der Waals surface area contributed by atoms with E-state index in [4.69, 9.17) is 0 Å². The van der Waals surface area contributed by atoms with Gasteiger partial charge in [-0.1, -0.05) is 42.5 Å². The molecule has 168 valence electrons. The smallest absolute Gasteiger partial charge is 0.270 e. The molecule has 0 fully saturated rings. The first-order valence-electron chi connectivity index (χ1n) is 9.92. The van der Waals surface area contributed by atoms with Gasteiger partial charge in [0.2, 0.25) is 10.0 Å². The number of nitro groups is 1. The molecule has 0 bridgehead atoms. The molecule has 0 saturated heterocycles. The Kier molecular flexibility index (Phi) is 5.95. The molecule has 0 aliphatic carbocycles. The van der Waals surface area contributed by atoms with Crippen molar-refractivity contribution in [2.24, 2.45) is 0 Å². The first-order chi connectivity index (χ1) is 15.7. The number of hydrogen-bond donors (Lipinski definition) is 3. The summed E-state index contributed by atoms with van der Waals surface area (Å²) >= 11 is 0. The first kappa shape index (κ1) is 22.2. The van der Waals surface area contributed by atoms with E-state index in [2.05, 4.69) is 15.4 Å². The summed E-state index contributed by atoms with van der Waals surface area (Å²) in [6, 6.07) is 20.5. The molecule has 4 rings (SSSR count). The van der Waals surface area contributed by atoms with Crippen molar-refractivity contribution >= 4 is 44.3 Å². The van der Waals surface area contributed by atoms with Gasteiger partial charge in [-0.15, -0.1) is 0 Å². The van der Waals surface area contributed by atoms with Crippen molar-refractivity contribution < 1.29 is 18.1 Å². The quantitative estimate of drug-likeness (QED) is 0.278. The fourth-order valence-electron chi connectivity index (χ4n) is 3.47. The molecule has 9 nitrogen and oxygen atoms in total. The highest BCUT2D eigenvalue weighted by Gasteiger charge is 2.30. The van der Waals surface area contributed by atoms with Crippen molar-refractivity contribution in [2.45, 2.75) is 6.54 Å². The molecule has 0 unspecified atom stereocenters. The lowest BCUT2D eigenvalue weighted by molar-refractivity contribution is -0.384. The zero-order valence-electron chi connectivity index (χ0n) is 17.5. The predicted octanol–water partition coefficient (Wildman–Crippen LogP) is 3.58. The summed E-state index contributed by atoms with van der Waals surface area (Å²) in [7, 11) is -3.31. The Hall–Kier alpha value is -4.02. The van der Waals surface area contributed by atoms with Gasteiger partial charge in [-0.2, -0.15) is 0 Å². The normalized spacial score (nSPS) is 14.4. The SMILES string of the molecule is CS(=O)(=O)NCc1ccc(NC(=C2C(=O)Nc3ccc([N+](=O)[O-])cc32)c2ccccc2)cc1. The third-order valence-electron chi connectivity index (χ3n) is 5.03. The molecule has 1 amide bonds. The molecule has 0 saturated carbocycles. The van der Waals surface area contributed by atoms with Gasteiger partial charge in [-0.3, -0.25) is 14.9 Å². The zero-order valence-corrected chi connectivity index (χ0v) is 18.3. The Labute approximate surface area is 190 Å². The van der Waals surface area contributed by atoms with Crippen LogP contribution in [0.2, 0.25) is 0 Å². The maximum absolute atomic E-state index is 12.9. The third kappa shape index (κ3) is 5.08. The van der Waals surface area contributed by atoms with Crippen molar-refractivity contribution in [2.75, 3.05) is 16.9 Å². The highest BCUT2D eigenvalue weighted by atomic mass is 32.2. The summed E-state index contributed by atoms with van der Waals surface area (Å²) in [5.74, 6) is -0.370. The molecule has 1 aliphatic heterocycles. The Morgan fingerprint density at radius 2 is 1.73 bits per heavy atom. The molecule has 0 aromatic heterocycles. The molecule has 33 heavy (non-hydrogen) atoms. The van der Waals surface area contributed by atoms with Crippen LogP contribution in [-0.4, -0.2) is 25.5 Å². The van der Waals surface area contributed by atoms with E-state index in [-0.39, 0.29) is 18.1 Å². The van der Waals surface area contributed by atoms with Gasteiger partial charge in [-0.05, 0) is 29.3 Å². The predicted molar refractivity (Wildman–Crippen MR) is 127 cm³/mol. The second kappa shape index (κ2) is 8.85. The van der Waals surface area contributed by atoms with Gasteiger partial charge in [0.05, 0.1) is 22.4 Å². The van der Waals surface area contributed by atoms with Crippen LogP contribution in [0.3, 0.4) is 0 Å². The number of non-ortho nitro benzene ring substituents is 1. The maximum atomic E-state index is 12.9. The van der Waals surface area contributed by atoms with Crippen LogP contribution in [-0.2, 0) is 21.4 Å². The van der Waals surface area contributed by atoms with E-state index in [1.165, 1.54) is 18.2 Å². The summed E-state index contributed by atoms with van der Waals surface area (Å²) in [5, 5.41) is 17.3. The van der Waals surface area contributed by atoms with Crippen LogP contribution in [0.15, 0.2) is 72.8 Å². The van der Waals surface area contributed by atoms with E-state index in [1.807, 2.05) is 30.3 Å². The average molecular weight is 465 g/mol. The number of sulfonamides is 1. The van der Waals surface area contributed by atoms with E-state index in [0.717, 1.165) is 17.4 Å². The molecular formula is C23H20N4O5S. The standard InChI is InChI=1S/C23H20N4O5S/c1-33(31,32)24-14-15-7-9-17(10-8-15)25-22(16-5-3-2-4-6-16)21-19-13-18(27(29)30)11-12-20(19)26-23(21)28/h2-13,24-25H,14H2,1H3,(H,26,28). The molecule has 1 aliphatic rings. The van der Waals surface area contributed by atoms with E-state index in [0.29, 0.717) is 28.2 Å². The van der Waals surface area contributed by atoms with Crippen LogP contribution in [0.25, 0.3) is 11.3 Å². The van der Waals surface area contributed by atoms with Crippen molar-refractivity contribution in [1.82, 2.24) is 4.72 Å². The molecular weight excluding hydrogens is 444 g/mol. The third-order valence-corrected chi connectivity index (χ3v) is 5.70. The lowest BCUT2D eigenvalue weighted by Crippen LogP contribution is -2.21. The molecule has 10 heteroatoms. The number of nitrogens with one attached hydrogen (secondary N) is 3. The number of fused-ring (bicyclic) bond motifs is 1. The van der Waals surface area contributed by atoms with Gasteiger partial charge < -0.3 is 10.6 Å². The Balaban J connectivity index is 1.75. The zero-order chi connectivity index (χ0) is 23.6. The largest absolute Gasteiger partial charge is 0.354 e. The molecule has 1 heterocycles. The number of anilines is 2. The molecule has 0 spiro atoms. The summed E-state index contributed by atoms with van der Waals surface area (Å²) in [4.78, 5) is 23.7. The number of benzene rings is 3. The topological polar surface area (TPSA) is 130 Å². The van der Waals surface area contributed by atoms with E-state index >= 15 is 0 Å². The highest BCUT2D eigenvalue weighted by molar-refractivity contribution is 7.88. The minimum absolute atomic E-state index is 0.113. The minimum Gasteiger partial charge on any atom is -0.354 e. The van der Waals surface area contributed by atoms with Gasteiger partial charge in [0.1, 0.15) is 0 Å². The minimum atomic E-state index is -3.31. The lowest BCUT2D eigenvalue weighted by atomic mass is 9.99. The Morgan fingerprint density at radius 3 is 2.36 bits per heavy atom. The van der Waals surface area contributed by atoms with Crippen molar-refractivity contribution in [3.63, 3.8) is 0 Å². The maximum Gasteiger partial charge on any atom is 0.270 e. The summed E-state index contributed by atoms with van der Waals surface area (Å²) < 4.78 is 25.1. The monoisotopic (exact) mass is 464 g/mol. The van der Waals surface area contributed by atoms with E-state index in [1.54, 1.807) is 24.3 Å². The van der Waals surface area contributed by atoms with Gasteiger partial charge in [0.25, 0.3) is 11.6 Å². The van der Waals surface area contributed by atoms with Crippen LogP contribution >= 0.6 is 0 Å². The fraction of sp³-hybridized carbons (Fsp3) is 0.0870. The van der Waals surface area contributed by atoms with Gasteiger partial charge in [0, 0.05) is 35.6 Å².